The van der Waals surface area contributed by atoms with Crippen LogP contribution < -0.4 is 4.74 Å². The standard InChI is InChI=1S/C22H17N3OS3/c1-3-26-15-8-9-17-18(10-15)28-22(25-17)29-21-19-16(11-27-20(19)23-12-24-21)14-6-4-13(2)5-7-14/h4-12H,3H2,1-2H3. The highest BCUT2D eigenvalue weighted by molar-refractivity contribution is 8.01. The van der Waals surface area contributed by atoms with E-state index in [0.717, 1.165) is 35.5 Å². The molecule has 0 aliphatic carbocycles. The van der Waals surface area contributed by atoms with Crippen LogP contribution in [0.25, 0.3) is 31.6 Å². The van der Waals surface area contributed by atoms with Crippen molar-refractivity contribution >= 4 is 54.9 Å². The summed E-state index contributed by atoms with van der Waals surface area (Å²) in [5, 5.41) is 4.21. The summed E-state index contributed by atoms with van der Waals surface area (Å²) >= 11 is 4.91. The van der Waals surface area contributed by atoms with E-state index < -0.39 is 0 Å². The minimum atomic E-state index is 0.658. The highest BCUT2D eigenvalue weighted by atomic mass is 32.2. The third-order valence-corrected chi connectivity index (χ3v) is 7.50. The Morgan fingerprint density at radius 2 is 1.93 bits per heavy atom. The Balaban J connectivity index is 1.56. The van der Waals surface area contributed by atoms with E-state index in [-0.39, 0.29) is 0 Å². The topological polar surface area (TPSA) is 47.9 Å². The second-order valence-electron chi connectivity index (χ2n) is 6.52. The van der Waals surface area contributed by atoms with E-state index >= 15 is 0 Å². The predicted molar refractivity (Wildman–Crippen MR) is 123 cm³/mol. The van der Waals surface area contributed by atoms with Crippen LogP contribution in [-0.2, 0) is 0 Å². The average molecular weight is 436 g/mol. The molecule has 4 nitrogen and oxygen atoms in total. The molecule has 29 heavy (non-hydrogen) atoms. The number of benzene rings is 2. The first kappa shape index (κ1) is 18.5. The number of nitrogens with zero attached hydrogens (tertiary/aromatic N) is 3. The SMILES string of the molecule is CCOc1ccc2nc(Sc3ncnc4scc(-c5ccc(C)cc5)c34)sc2c1. The summed E-state index contributed by atoms with van der Waals surface area (Å²) in [7, 11) is 0. The number of hydrogen-bond acceptors (Lipinski definition) is 7. The summed E-state index contributed by atoms with van der Waals surface area (Å²) in [6.45, 7) is 4.75. The predicted octanol–water partition coefficient (Wildman–Crippen LogP) is 6.83. The maximum Gasteiger partial charge on any atom is 0.157 e. The van der Waals surface area contributed by atoms with E-state index in [1.54, 1.807) is 40.8 Å². The van der Waals surface area contributed by atoms with Gasteiger partial charge in [-0.15, -0.1) is 22.7 Å². The van der Waals surface area contributed by atoms with Crippen molar-refractivity contribution in [2.45, 2.75) is 23.2 Å². The summed E-state index contributed by atoms with van der Waals surface area (Å²) in [4.78, 5) is 14.9. The number of fused-ring (bicyclic) bond motifs is 2. The van der Waals surface area contributed by atoms with Gasteiger partial charge in [-0.25, -0.2) is 15.0 Å². The second kappa shape index (κ2) is 7.74. The lowest BCUT2D eigenvalue weighted by Crippen LogP contribution is -1.89. The maximum absolute atomic E-state index is 5.61. The highest BCUT2D eigenvalue weighted by Crippen LogP contribution is 2.42. The fourth-order valence-electron chi connectivity index (χ4n) is 3.14. The molecule has 5 aromatic rings. The van der Waals surface area contributed by atoms with Gasteiger partial charge in [0.05, 0.1) is 22.2 Å². The summed E-state index contributed by atoms with van der Waals surface area (Å²) in [6.07, 6.45) is 1.64. The molecular formula is C22H17N3OS3. The molecule has 144 valence electrons. The second-order valence-corrected chi connectivity index (χ2v) is 9.64. The van der Waals surface area contributed by atoms with Crippen molar-refractivity contribution in [2.24, 2.45) is 0 Å². The Morgan fingerprint density at radius 1 is 1.07 bits per heavy atom. The first-order valence-corrected chi connectivity index (χ1v) is 11.7. The maximum atomic E-state index is 5.61. The normalized spacial score (nSPS) is 11.4. The molecule has 0 aliphatic heterocycles. The summed E-state index contributed by atoms with van der Waals surface area (Å²) in [5.41, 5.74) is 4.59. The van der Waals surface area contributed by atoms with Crippen molar-refractivity contribution in [3.05, 3.63) is 59.7 Å². The molecule has 7 heteroatoms. The van der Waals surface area contributed by atoms with Crippen molar-refractivity contribution in [1.82, 2.24) is 15.0 Å². The molecule has 0 saturated carbocycles. The van der Waals surface area contributed by atoms with Gasteiger partial charge in [-0.2, -0.15) is 0 Å². The molecule has 5 rings (SSSR count). The van der Waals surface area contributed by atoms with Gasteiger partial charge in [-0.05, 0) is 49.4 Å². The van der Waals surface area contributed by atoms with E-state index in [1.807, 2.05) is 19.1 Å². The van der Waals surface area contributed by atoms with Crippen LogP contribution in [0.4, 0.5) is 0 Å². The minimum Gasteiger partial charge on any atom is -0.494 e. The Labute approximate surface area is 180 Å². The Hall–Kier alpha value is -2.48. The molecule has 0 fully saturated rings. The molecule has 0 atom stereocenters. The van der Waals surface area contributed by atoms with Gasteiger partial charge in [0.2, 0.25) is 0 Å². The summed E-state index contributed by atoms with van der Waals surface area (Å²) < 4.78 is 7.70. The van der Waals surface area contributed by atoms with Crippen LogP contribution >= 0.6 is 34.4 Å². The molecule has 0 radical (unpaired) electrons. The smallest absolute Gasteiger partial charge is 0.157 e. The van der Waals surface area contributed by atoms with Crippen LogP contribution in [0.15, 0.2) is 63.5 Å². The summed E-state index contributed by atoms with van der Waals surface area (Å²) in [6, 6.07) is 14.6. The molecule has 0 unspecified atom stereocenters. The van der Waals surface area contributed by atoms with Crippen LogP contribution in [0.5, 0.6) is 5.75 Å². The fraction of sp³-hybridized carbons (Fsp3) is 0.136. The average Bonchev–Trinajstić information content (AvgIpc) is 3.33. The first-order valence-electron chi connectivity index (χ1n) is 9.22. The van der Waals surface area contributed by atoms with Crippen molar-refractivity contribution in [1.29, 1.82) is 0 Å². The van der Waals surface area contributed by atoms with Gasteiger partial charge in [-0.3, -0.25) is 0 Å². The monoisotopic (exact) mass is 435 g/mol. The molecule has 0 aliphatic rings. The third-order valence-electron chi connectivity index (χ3n) is 4.53. The lowest BCUT2D eigenvalue weighted by atomic mass is 10.1. The zero-order chi connectivity index (χ0) is 19.8. The van der Waals surface area contributed by atoms with Crippen molar-refractivity contribution in [3.63, 3.8) is 0 Å². The van der Waals surface area contributed by atoms with Crippen molar-refractivity contribution in [3.8, 4) is 16.9 Å². The van der Waals surface area contributed by atoms with E-state index in [2.05, 4.69) is 52.6 Å². The number of thiophene rings is 1. The molecule has 0 bridgehead atoms. The summed E-state index contributed by atoms with van der Waals surface area (Å²) in [5.74, 6) is 0.879. The van der Waals surface area contributed by atoms with Crippen molar-refractivity contribution in [2.75, 3.05) is 6.61 Å². The Morgan fingerprint density at radius 3 is 2.76 bits per heavy atom. The molecule has 3 heterocycles. The lowest BCUT2D eigenvalue weighted by molar-refractivity contribution is 0.341. The fourth-order valence-corrected chi connectivity index (χ4v) is 6.23. The molecule has 0 amide bonds. The number of thiazole rings is 1. The molecular weight excluding hydrogens is 418 g/mol. The number of aromatic nitrogens is 3. The zero-order valence-electron chi connectivity index (χ0n) is 15.9. The van der Waals surface area contributed by atoms with E-state index in [4.69, 9.17) is 9.72 Å². The molecule has 0 N–H and O–H groups in total. The van der Waals surface area contributed by atoms with Crippen molar-refractivity contribution < 1.29 is 4.74 Å². The molecule has 2 aromatic carbocycles. The van der Waals surface area contributed by atoms with Gasteiger partial charge in [0, 0.05) is 10.9 Å². The Kier molecular flexibility index (Phi) is 4.95. The number of hydrogen-bond donors (Lipinski definition) is 0. The van der Waals surface area contributed by atoms with Gasteiger partial charge < -0.3 is 4.74 Å². The van der Waals surface area contributed by atoms with Gasteiger partial charge in [0.15, 0.2) is 4.34 Å². The van der Waals surface area contributed by atoms with E-state index in [0.29, 0.717) is 6.61 Å². The molecule has 0 saturated heterocycles. The minimum absolute atomic E-state index is 0.658. The quantitative estimate of drug-likeness (QED) is 0.283. The van der Waals surface area contributed by atoms with Crippen LogP contribution in [0, 0.1) is 6.92 Å². The number of ether oxygens (including phenoxy) is 1. The van der Waals surface area contributed by atoms with Gasteiger partial charge >= 0.3 is 0 Å². The largest absolute Gasteiger partial charge is 0.494 e. The molecule has 3 aromatic heterocycles. The van der Waals surface area contributed by atoms with Crippen LogP contribution in [0.1, 0.15) is 12.5 Å². The number of aryl methyl sites for hydroxylation is 1. The van der Waals surface area contributed by atoms with E-state index in [1.165, 1.54) is 16.7 Å². The Bertz CT molecular complexity index is 1310. The van der Waals surface area contributed by atoms with Crippen LogP contribution in [0.2, 0.25) is 0 Å². The first-order chi connectivity index (χ1) is 14.2. The zero-order valence-corrected chi connectivity index (χ0v) is 18.3. The van der Waals surface area contributed by atoms with Gasteiger partial charge in [0.1, 0.15) is 21.9 Å². The van der Waals surface area contributed by atoms with Gasteiger partial charge in [-0.1, -0.05) is 29.8 Å². The van der Waals surface area contributed by atoms with Crippen LogP contribution in [0.3, 0.4) is 0 Å². The van der Waals surface area contributed by atoms with Gasteiger partial charge in [0.25, 0.3) is 0 Å². The lowest BCUT2D eigenvalue weighted by Gasteiger charge is -2.04. The number of rotatable bonds is 5. The van der Waals surface area contributed by atoms with E-state index in [9.17, 15) is 0 Å². The van der Waals surface area contributed by atoms with Crippen LogP contribution in [-0.4, -0.2) is 21.6 Å². The molecule has 0 spiro atoms. The third kappa shape index (κ3) is 3.61. The highest BCUT2D eigenvalue weighted by Gasteiger charge is 2.16.